The number of imide groups is 1. The van der Waals surface area contributed by atoms with Crippen molar-refractivity contribution in [3.63, 3.8) is 0 Å². The molecule has 4 atom stereocenters. The Morgan fingerprint density at radius 2 is 1.60 bits per heavy atom. The van der Waals surface area contributed by atoms with E-state index in [0.717, 1.165) is 24.0 Å². The van der Waals surface area contributed by atoms with Crippen molar-refractivity contribution in [2.45, 2.75) is 57.6 Å². The molecule has 1 aliphatic carbocycles. The second-order valence-electron chi connectivity index (χ2n) is 11.7. The van der Waals surface area contributed by atoms with Gasteiger partial charge in [0.2, 0.25) is 11.8 Å². The minimum Gasteiger partial charge on any atom is -0.488 e. The standard InChI is InChI=1S/C32H35N3O7/c1-19(36)33-15-14-21(17-33)42-27-12-6-7-20-13-16-34(29(37)24-10-4-5-11-25(24)32(40)41)26(28(20)27)18-35-30(38)22-8-2-3-9-23(22)31(35)39/h2-3,6-9,12,21,24-26H,4-5,10-11,13-18H2,1H3,(H,40,41)/t21-,24+,25-,26?/m0/s1. The van der Waals surface area contributed by atoms with Crippen LogP contribution in [0.3, 0.4) is 0 Å². The summed E-state index contributed by atoms with van der Waals surface area (Å²) in [5.41, 5.74) is 2.35. The normalized spacial score (nSPS) is 25.3. The van der Waals surface area contributed by atoms with E-state index >= 15 is 0 Å². The number of carbonyl (C=O) groups excluding carboxylic acids is 4. The zero-order valence-corrected chi connectivity index (χ0v) is 23.7. The Morgan fingerprint density at radius 1 is 0.905 bits per heavy atom. The molecule has 2 aromatic rings. The predicted octanol–water partition coefficient (Wildman–Crippen LogP) is 3.30. The quantitative estimate of drug-likeness (QED) is 0.526. The average Bonchev–Trinajstić information content (AvgIpc) is 3.56. The molecule has 0 aromatic heterocycles. The fraction of sp³-hybridized carbons (Fsp3) is 0.469. The van der Waals surface area contributed by atoms with Crippen molar-refractivity contribution in [3.8, 4) is 5.75 Å². The molecule has 3 heterocycles. The number of carboxylic acids is 1. The first kappa shape index (κ1) is 27.9. The largest absolute Gasteiger partial charge is 0.488 e. The molecular weight excluding hydrogens is 538 g/mol. The van der Waals surface area contributed by atoms with Crippen molar-refractivity contribution in [1.82, 2.24) is 14.7 Å². The van der Waals surface area contributed by atoms with Crippen LogP contribution in [0.2, 0.25) is 0 Å². The third-order valence-electron chi connectivity index (χ3n) is 9.29. The Balaban J connectivity index is 1.37. The van der Waals surface area contributed by atoms with E-state index in [9.17, 15) is 29.1 Å². The van der Waals surface area contributed by atoms with E-state index in [0.29, 0.717) is 62.2 Å². The number of likely N-dealkylation sites (tertiary alicyclic amines) is 1. The zero-order valence-electron chi connectivity index (χ0n) is 23.7. The number of hydrogen-bond acceptors (Lipinski definition) is 6. The predicted molar refractivity (Wildman–Crippen MR) is 151 cm³/mol. The van der Waals surface area contributed by atoms with Gasteiger partial charge in [0.05, 0.1) is 42.1 Å². The highest BCUT2D eigenvalue weighted by molar-refractivity contribution is 6.21. The minimum atomic E-state index is -0.970. The molecular formula is C32H35N3O7. The first-order valence-corrected chi connectivity index (χ1v) is 14.8. The van der Waals surface area contributed by atoms with Gasteiger partial charge in [0.25, 0.3) is 11.8 Å². The number of aliphatic carboxylic acids is 1. The van der Waals surface area contributed by atoms with Crippen LogP contribution in [0.4, 0.5) is 0 Å². The van der Waals surface area contributed by atoms with Crippen LogP contribution in [0.1, 0.15) is 76.9 Å². The Morgan fingerprint density at radius 3 is 2.24 bits per heavy atom. The Kier molecular flexibility index (Phi) is 7.47. The number of amides is 4. The summed E-state index contributed by atoms with van der Waals surface area (Å²) in [5.74, 6) is -2.96. The van der Waals surface area contributed by atoms with Gasteiger partial charge in [-0.15, -0.1) is 0 Å². The molecule has 4 aliphatic rings. The van der Waals surface area contributed by atoms with E-state index in [1.54, 1.807) is 34.1 Å². The first-order chi connectivity index (χ1) is 20.2. The monoisotopic (exact) mass is 573 g/mol. The van der Waals surface area contributed by atoms with Crippen LogP contribution in [-0.2, 0) is 20.8 Å². The summed E-state index contributed by atoms with van der Waals surface area (Å²) >= 11 is 0. The molecule has 220 valence electrons. The van der Waals surface area contributed by atoms with E-state index in [4.69, 9.17) is 4.74 Å². The number of ether oxygens (including phenoxy) is 1. The Bertz CT molecular complexity index is 1420. The molecule has 10 nitrogen and oxygen atoms in total. The molecule has 1 saturated carbocycles. The second-order valence-corrected chi connectivity index (χ2v) is 11.7. The summed E-state index contributed by atoms with van der Waals surface area (Å²) in [6.45, 7) is 2.85. The van der Waals surface area contributed by atoms with Crippen molar-refractivity contribution >= 4 is 29.6 Å². The molecule has 4 amide bonds. The lowest BCUT2D eigenvalue weighted by Crippen LogP contribution is -2.50. The number of carboxylic acid groups (broad SMARTS) is 1. The third-order valence-corrected chi connectivity index (χ3v) is 9.29. The lowest BCUT2D eigenvalue weighted by atomic mass is 9.77. The van der Waals surface area contributed by atoms with Crippen molar-refractivity contribution < 1.29 is 33.8 Å². The zero-order chi connectivity index (χ0) is 29.5. The number of hydrogen-bond donors (Lipinski definition) is 1. The molecule has 1 N–H and O–H groups in total. The molecule has 42 heavy (non-hydrogen) atoms. The first-order valence-electron chi connectivity index (χ1n) is 14.8. The molecule has 0 spiro atoms. The highest BCUT2D eigenvalue weighted by Gasteiger charge is 2.45. The van der Waals surface area contributed by atoms with E-state index in [1.807, 2.05) is 18.2 Å². The lowest BCUT2D eigenvalue weighted by molar-refractivity contribution is -0.153. The van der Waals surface area contributed by atoms with E-state index in [2.05, 4.69) is 0 Å². The van der Waals surface area contributed by atoms with Crippen molar-refractivity contribution in [3.05, 3.63) is 64.7 Å². The summed E-state index contributed by atoms with van der Waals surface area (Å²) in [6, 6.07) is 11.7. The third kappa shape index (κ3) is 4.92. The topological polar surface area (TPSA) is 125 Å². The maximum atomic E-state index is 14.2. The molecule has 10 heteroatoms. The summed E-state index contributed by atoms with van der Waals surface area (Å²) < 4.78 is 6.48. The van der Waals surface area contributed by atoms with Gasteiger partial charge in [-0.3, -0.25) is 28.9 Å². The molecule has 6 rings (SSSR count). The summed E-state index contributed by atoms with van der Waals surface area (Å²) in [6.07, 6.45) is 3.43. The van der Waals surface area contributed by atoms with Gasteiger partial charge < -0.3 is 19.6 Å². The van der Waals surface area contributed by atoms with Crippen LogP contribution >= 0.6 is 0 Å². The van der Waals surface area contributed by atoms with Gasteiger partial charge in [-0.1, -0.05) is 37.1 Å². The summed E-state index contributed by atoms with van der Waals surface area (Å²) in [4.78, 5) is 69.7. The van der Waals surface area contributed by atoms with Crippen LogP contribution in [-0.4, -0.2) is 81.7 Å². The maximum Gasteiger partial charge on any atom is 0.307 e. The van der Waals surface area contributed by atoms with Gasteiger partial charge in [0, 0.05) is 32.0 Å². The molecule has 3 aliphatic heterocycles. The average molecular weight is 574 g/mol. The molecule has 0 radical (unpaired) electrons. The second kappa shape index (κ2) is 11.2. The van der Waals surface area contributed by atoms with Crippen LogP contribution in [0, 0.1) is 11.8 Å². The molecule has 0 bridgehead atoms. The summed E-state index contributed by atoms with van der Waals surface area (Å²) in [5, 5.41) is 9.93. The fourth-order valence-corrected chi connectivity index (χ4v) is 7.10. The van der Waals surface area contributed by atoms with Gasteiger partial charge in [0.15, 0.2) is 0 Å². The van der Waals surface area contributed by atoms with Crippen LogP contribution in [0.25, 0.3) is 0 Å². The number of carbonyl (C=O) groups is 5. The number of rotatable bonds is 6. The van der Waals surface area contributed by atoms with Crippen molar-refractivity contribution in [2.75, 3.05) is 26.2 Å². The van der Waals surface area contributed by atoms with Crippen LogP contribution < -0.4 is 4.74 Å². The highest BCUT2D eigenvalue weighted by atomic mass is 16.5. The lowest BCUT2D eigenvalue weighted by Gasteiger charge is -2.42. The molecule has 2 aromatic carbocycles. The van der Waals surface area contributed by atoms with Gasteiger partial charge in [0.1, 0.15) is 11.9 Å². The van der Waals surface area contributed by atoms with Crippen molar-refractivity contribution in [1.29, 1.82) is 0 Å². The highest BCUT2D eigenvalue weighted by Crippen LogP contribution is 2.42. The minimum absolute atomic E-state index is 0.0167. The Hall–Kier alpha value is -4.21. The van der Waals surface area contributed by atoms with E-state index < -0.39 is 35.7 Å². The van der Waals surface area contributed by atoms with Gasteiger partial charge in [-0.05, 0) is 43.0 Å². The smallest absolute Gasteiger partial charge is 0.307 e. The summed E-state index contributed by atoms with van der Waals surface area (Å²) in [7, 11) is 0. The molecule has 1 saturated heterocycles. The maximum absolute atomic E-state index is 14.2. The van der Waals surface area contributed by atoms with E-state index in [1.165, 1.54) is 11.8 Å². The van der Waals surface area contributed by atoms with Crippen LogP contribution in [0.15, 0.2) is 42.5 Å². The number of nitrogens with zero attached hydrogens (tertiary/aromatic N) is 3. The van der Waals surface area contributed by atoms with Gasteiger partial charge in [-0.25, -0.2) is 0 Å². The van der Waals surface area contributed by atoms with E-state index in [-0.39, 0.29) is 24.5 Å². The number of fused-ring (bicyclic) bond motifs is 2. The molecule has 2 fully saturated rings. The van der Waals surface area contributed by atoms with Crippen molar-refractivity contribution in [2.24, 2.45) is 11.8 Å². The number of benzene rings is 2. The van der Waals surface area contributed by atoms with Crippen LogP contribution in [0.5, 0.6) is 5.75 Å². The Labute approximate surface area is 244 Å². The SMILES string of the molecule is CC(=O)N1CC[C@H](Oc2cccc3c2C(CN2C(=O)c4ccccc4C2=O)N(C(=O)[C@@H]2CCCC[C@@H]2C(=O)O)CC3)C1. The fourth-order valence-electron chi connectivity index (χ4n) is 7.10. The molecule has 1 unspecified atom stereocenters. The van der Waals surface area contributed by atoms with Gasteiger partial charge >= 0.3 is 5.97 Å². The van der Waals surface area contributed by atoms with Gasteiger partial charge in [-0.2, -0.15) is 0 Å².